The summed E-state index contributed by atoms with van der Waals surface area (Å²) < 4.78 is 1.63. The summed E-state index contributed by atoms with van der Waals surface area (Å²) in [5.41, 5.74) is 1.92. The van der Waals surface area contributed by atoms with Crippen molar-refractivity contribution in [2.75, 3.05) is 16.4 Å². The number of para-hydroxylation sites is 1. The van der Waals surface area contributed by atoms with E-state index in [1.165, 1.54) is 18.7 Å². The summed E-state index contributed by atoms with van der Waals surface area (Å²) in [4.78, 5) is 40.5. The summed E-state index contributed by atoms with van der Waals surface area (Å²) in [6, 6.07) is 14.2. The Morgan fingerprint density at radius 2 is 1.69 bits per heavy atom. The second-order valence-electron chi connectivity index (χ2n) is 6.37. The van der Waals surface area contributed by atoms with Crippen molar-refractivity contribution in [3.63, 3.8) is 0 Å². The normalized spacial score (nSPS) is 10.7. The molecule has 0 aliphatic heterocycles. The van der Waals surface area contributed by atoms with Crippen LogP contribution in [0, 0.1) is 0 Å². The van der Waals surface area contributed by atoms with Gasteiger partial charge < -0.3 is 10.6 Å². The minimum absolute atomic E-state index is 0.0655. The quantitative estimate of drug-likeness (QED) is 0.459. The summed E-state index contributed by atoms with van der Waals surface area (Å²) in [5.74, 6) is 0.225. The number of carbonyl (C=O) groups excluding carboxylic acids is 2. The molecule has 0 unspecified atom stereocenters. The highest BCUT2D eigenvalue weighted by molar-refractivity contribution is 7.99. The smallest absolute Gasteiger partial charge is 0.262 e. The van der Waals surface area contributed by atoms with Gasteiger partial charge in [0.25, 0.3) is 5.56 Å². The zero-order chi connectivity index (χ0) is 20.8. The van der Waals surface area contributed by atoms with Crippen molar-refractivity contribution in [2.24, 2.45) is 0 Å². The summed E-state index contributed by atoms with van der Waals surface area (Å²) in [7, 11) is 0. The molecule has 29 heavy (non-hydrogen) atoms. The fourth-order valence-electron chi connectivity index (χ4n) is 2.84. The predicted octanol–water partition coefficient (Wildman–Crippen LogP) is 3.50. The maximum atomic E-state index is 12.6. The van der Waals surface area contributed by atoms with Gasteiger partial charge in [-0.15, -0.1) is 0 Å². The molecule has 8 heteroatoms. The SMILES string of the molecule is CCn1c(SCCC(=O)Nc2ccc(NC(C)=O)cc2)nc2ccccc2c1=O. The zero-order valence-electron chi connectivity index (χ0n) is 16.3. The lowest BCUT2D eigenvalue weighted by atomic mass is 10.2. The molecular weight excluding hydrogens is 388 g/mol. The van der Waals surface area contributed by atoms with Crippen LogP contribution in [0.1, 0.15) is 20.3 Å². The second-order valence-corrected chi connectivity index (χ2v) is 7.43. The van der Waals surface area contributed by atoms with Crippen molar-refractivity contribution in [1.29, 1.82) is 0 Å². The first kappa shape index (κ1) is 20.6. The number of fused-ring (bicyclic) bond motifs is 1. The summed E-state index contributed by atoms with van der Waals surface area (Å²) in [5, 5.41) is 6.71. The first-order chi connectivity index (χ1) is 14.0. The Labute approximate surface area is 172 Å². The van der Waals surface area contributed by atoms with Gasteiger partial charge in [0.2, 0.25) is 11.8 Å². The molecule has 0 saturated carbocycles. The van der Waals surface area contributed by atoms with Gasteiger partial charge in [-0.2, -0.15) is 0 Å². The first-order valence-electron chi connectivity index (χ1n) is 9.28. The van der Waals surface area contributed by atoms with Gasteiger partial charge in [0, 0.05) is 37.0 Å². The number of nitrogens with one attached hydrogen (secondary N) is 2. The lowest BCUT2D eigenvalue weighted by molar-refractivity contribution is -0.116. The average molecular weight is 410 g/mol. The Morgan fingerprint density at radius 1 is 1.03 bits per heavy atom. The van der Waals surface area contributed by atoms with Gasteiger partial charge in [0.1, 0.15) is 0 Å². The average Bonchev–Trinajstić information content (AvgIpc) is 2.69. The molecule has 1 aromatic heterocycles. The van der Waals surface area contributed by atoms with E-state index in [0.717, 1.165) is 0 Å². The van der Waals surface area contributed by atoms with E-state index < -0.39 is 0 Å². The van der Waals surface area contributed by atoms with Gasteiger partial charge in [-0.05, 0) is 43.3 Å². The van der Waals surface area contributed by atoms with Crippen molar-refractivity contribution in [2.45, 2.75) is 32.0 Å². The minimum atomic E-state index is -0.147. The third kappa shape index (κ3) is 5.23. The fraction of sp³-hybridized carbons (Fsp3) is 0.238. The van der Waals surface area contributed by atoms with Gasteiger partial charge >= 0.3 is 0 Å². The van der Waals surface area contributed by atoms with Crippen LogP contribution < -0.4 is 16.2 Å². The molecule has 0 aliphatic rings. The number of hydrogen-bond acceptors (Lipinski definition) is 5. The van der Waals surface area contributed by atoms with Crippen LogP contribution >= 0.6 is 11.8 Å². The molecule has 0 fully saturated rings. The van der Waals surface area contributed by atoms with E-state index in [0.29, 0.717) is 39.7 Å². The third-order valence-corrected chi connectivity index (χ3v) is 5.17. The van der Waals surface area contributed by atoms with Crippen LogP contribution in [0.3, 0.4) is 0 Å². The number of aromatic nitrogens is 2. The minimum Gasteiger partial charge on any atom is -0.326 e. The van der Waals surface area contributed by atoms with E-state index in [9.17, 15) is 14.4 Å². The van der Waals surface area contributed by atoms with E-state index in [1.807, 2.05) is 25.1 Å². The summed E-state index contributed by atoms with van der Waals surface area (Å²) in [6.07, 6.45) is 0.282. The van der Waals surface area contributed by atoms with Crippen LogP contribution in [0.25, 0.3) is 10.9 Å². The van der Waals surface area contributed by atoms with Crippen LogP contribution in [0.4, 0.5) is 11.4 Å². The molecule has 0 radical (unpaired) electrons. The fourth-order valence-corrected chi connectivity index (χ4v) is 3.84. The zero-order valence-corrected chi connectivity index (χ0v) is 17.1. The second kappa shape index (κ2) is 9.38. The van der Waals surface area contributed by atoms with Crippen molar-refractivity contribution in [1.82, 2.24) is 9.55 Å². The molecule has 1 heterocycles. The molecule has 7 nitrogen and oxygen atoms in total. The monoisotopic (exact) mass is 410 g/mol. The van der Waals surface area contributed by atoms with Gasteiger partial charge in [-0.1, -0.05) is 23.9 Å². The molecular formula is C21H22N4O3S. The summed E-state index contributed by atoms with van der Waals surface area (Å²) in [6.45, 7) is 3.86. The number of anilines is 2. The molecule has 0 atom stereocenters. The van der Waals surface area contributed by atoms with E-state index in [4.69, 9.17) is 0 Å². The highest BCUT2D eigenvalue weighted by Gasteiger charge is 2.11. The van der Waals surface area contributed by atoms with Crippen molar-refractivity contribution < 1.29 is 9.59 Å². The number of carbonyl (C=O) groups is 2. The van der Waals surface area contributed by atoms with E-state index in [1.54, 1.807) is 34.9 Å². The third-order valence-electron chi connectivity index (χ3n) is 4.19. The largest absolute Gasteiger partial charge is 0.326 e. The molecule has 0 saturated heterocycles. The predicted molar refractivity (Wildman–Crippen MR) is 116 cm³/mol. The van der Waals surface area contributed by atoms with Crippen LogP contribution in [0.5, 0.6) is 0 Å². The highest BCUT2D eigenvalue weighted by Crippen LogP contribution is 2.19. The molecule has 2 N–H and O–H groups in total. The van der Waals surface area contributed by atoms with E-state index in [2.05, 4.69) is 15.6 Å². The molecule has 3 rings (SSSR count). The molecule has 3 aromatic rings. The number of rotatable bonds is 7. The molecule has 2 amide bonds. The maximum absolute atomic E-state index is 12.6. The van der Waals surface area contributed by atoms with Crippen molar-refractivity contribution in [3.8, 4) is 0 Å². The Bertz CT molecular complexity index is 1090. The lowest BCUT2D eigenvalue weighted by Crippen LogP contribution is -2.22. The Balaban J connectivity index is 1.60. The number of nitrogens with zero attached hydrogens (tertiary/aromatic N) is 2. The number of benzene rings is 2. The maximum Gasteiger partial charge on any atom is 0.262 e. The van der Waals surface area contributed by atoms with Crippen molar-refractivity contribution in [3.05, 3.63) is 58.9 Å². The molecule has 0 spiro atoms. The topological polar surface area (TPSA) is 93.1 Å². The molecule has 150 valence electrons. The Hall–Kier alpha value is -3.13. The van der Waals surface area contributed by atoms with Gasteiger partial charge in [-0.3, -0.25) is 19.0 Å². The Morgan fingerprint density at radius 3 is 2.34 bits per heavy atom. The first-order valence-corrected chi connectivity index (χ1v) is 10.3. The van der Waals surface area contributed by atoms with Gasteiger partial charge in [-0.25, -0.2) is 4.98 Å². The Kier molecular flexibility index (Phi) is 6.66. The standard InChI is InChI=1S/C21H22N4O3S/c1-3-25-20(28)17-6-4-5-7-18(17)24-21(25)29-13-12-19(27)23-16-10-8-15(9-11-16)22-14(2)26/h4-11H,3,12-13H2,1-2H3,(H,22,26)(H,23,27). The van der Waals surface area contributed by atoms with Crippen LogP contribution in [-0.2, 0) is 16.1 Å². The molecule has 0 aliphatic carbocycles. The van der Waals surface area contributed by atoms with Gasteiger partial charge in [0.05, 0.1) is 10.9 Å². The molecule has 0 bridgehead atoms. The highest BCUT2D eigenvalue weighted by atomic mass is 32.2. The summed E-state index contributed by atoms with van der Waals surface area (Å²) >= 11 is 1.39. The van der Waals surface area contributed by atoms with Gasteiger partial charge in [0.15, 0.2) is 5.16 Å². The van der Waals surface area contributed by atoms with Crippen molar-refractivity contribution >= 4 is 45.9 Å². The molecule has 2 aromatic carbocycles. The van der Waals surface area contributed by atoms with Crippen LogP contribution in [0.15, 0.2) is 58.5 Å². The number of hydrogen-bond donors (Lipinski definition) is 2. The number of thioether (sulfide) groups is 1. The number of amides is 2. The van der Waals surface area contributed by atoms with E-state index in [-0.39, 0.29) is 23.8 Å². The van der Waals surface area contributed by atoms with Crippen LogP contribution in [0.2, 0.25) is 0 Å². The van der Waals surface area contributed by atoms with E-state index >= 15 is 0 Å². The van der Waals surface area contributed by atoms with Crippen LogP contribution in [-0.4, -0.2) is 27.1 Å². The lowest BCUT2D eigenvalue weighted by Gasteiger charge is -2.11.